The summed E-state index contributed by atoms with van der Waals surface area (Å²) in [7, 11) is 3.31. The number of pyridine rings is 1. The number of hydrogen-bond acceptors (Lipinski definition) is 4. The molecule has 0 N–H and O–H groups in total. The third kappa shape index (κ3) is 3.74. The Balaban J connectivity index is 2.04. The molecule has 0 saturated carbocycles. The van der Waals surface area contributed by atoms with Gasteiger partial charge in [-0.2, -0.15) is 0 Å². The van der Waals surface area contributed by atoms with Crippen molar-refractivity contribution in [3.8, 4) is 17.2 Å². The fourth-order valence-corrected chi connectivity index (χ4v) is 3.09. The van der Waals surface area contributed by atoms with Gasteiger partial charge in [-0.15, -0.1) is 0 Å². The average Bonchev–Trinajstić information content (AvgIpc) is 2.63. The first-order valence-corrected chi connectivity index (χ1v) is 8.77. The fraction of sp³-hybridized carbons (Fsp3) is 0.318. The first-order chi connectivity index (χ1) is 12.5. The molecule has 26 heavy (non-hydrogen) atoms. The third-order valence-electron chi connectivity index (χ3n) is 4.32. The van der Waals surface area contributed by atoms with Crippen LogP contribution in [0.4, 0.5) is 0 Å². The summed E-state index contributed by atoms with van der Waals surface area (Å²) in [6.45, 7) is 6.12. The minimum Gasteiger partial charge on any atom is -0.493 e. The number of rotatable bonds is 6. The van der Waals surface area contributed by atoms with E-state index in [0.717, 1.165) is 45.5 Å². The van der Waals surface area contributed by atoms with Gasteiger partial charge in [-0.3, -0.25) is 4.98 Å². The molecule has 0 aliphatic heterocycles. The maximum Gasteiger partial charge on any atom is 0.161 e. The highest BCUT2D eigenvalue weighted by Gasteiger charge is 2.12. The summed E-state index contributed by atoms with van der Waals surface area (Å²) in [4.78, 5) is 4.69. The predicted molar refractivity (Wildman–Crippen MR) is 105 cm³/mol. The molecule has 0 aliphatic carbocycles. The van der Waals surface area contributed by atoms with Gasteiger partial charge in [0.2, 0.25) is 0 Å². The number of fused-ring (bicyclic) bond motifs is 1. The summed E-state index contributed by atoms with van der Waals surface area (Å²) in [6, 6.07) is 12.2. The standard InChI is InChI=1S/C22H25NO3/c1-14(2)26-17-8-6-7-16(9-17)10-20-19-12-22(25-5)21(24-4)11-18(19)15(3)13-23-20/h6-9,11-14H,10H2,1-5H3. The smallest absolute Gasteiger partial charge is 0.161 e. The van der Waals surface area contributed by atoms with Gasteiger partial charge in [-0.25, -0.2) is 0 Å². The Morgan fingerprint density at radius 3 is 2.31 bits per heavy atom. The molecular weight excluding hydrogens is 326 g/mol. The van der Waals surface area contributed by atoms with Crippen molar-refractivity contribution in [2.75, 3.05) is 14.2 Å². The molecule has 136 valence electrons. The number of benzene rings is 2. The van der Waals surface area contributed by atoms with Crippen molar-refractivity contribution in [2.45, 2.75) is 33.3 Å². The van der Waals surface area contributed by atoms with E-state index < -0.39 is 0 Å². The van der Waals surface area contributed by atoms with Crippen molar-refractivity contribution in [2.24, 2.45) is 0 Å². The molecule has 0 fully saturated rings. The van der Waals surface area contributed by atoms with Crippen LogP contribution in [-0.4, -0.2) is 25.3 Å². The summed E-state index contributed by atoms with van der Waals surface area (Å²) < 4.78 is 16.7. The molecule has 4 nitrogen and oxygen atoms in total. The van der Waals surface area contributed by atoms with Crippen LogP contribution in [-0.2, 0) is 6.42 Å². The van der Waals surface area contributed by atoms with Gasteiger partial charge in [0, 0.05) is 18.0 Å². The number of methoxy groups -OCH3 is 2. The molecule has 0 spiro atoms. The molecule has 4 heteroatoms. The van der Waals surface area contributed by atoms with E-state index in [1.807, 2.05) is 44.3 Å². The number of ether oxygens (including phenoxy) is 3. The van der Waals surface area contributed by atoms with Crippen LogP contribution in [0.1, 0.15) is 30.7 Å². The lowest BCUT2D eigenvalue weighted by molar-refractivity contribution is 0.242. The highest BCUT2D eigenvalue weighted by Crippen LogP contribution is 2.35. The quantitative estimate of drug-likeness (QED) is 0.631. The average molecular weight is 351 g/mol. The molecule has 1 heterocycles. The molecule has 0 amide bonds. The topological polar surface area (TPSA) is 40.6 Å². The second-order valence-corrected chi connectivity index (χ2v) is 6.63. The van der Waals surface area contributed by atoms with Gasteiger partial charge in [0.05, 0.1) is 26.0 Å². The normalized spacial score (nSPS) is 11.0. The highest BCUT2D eigenvalue weighted by atomic mass is 16.5. The number of nitrogens with zero attached hydrogens (tertiary/aromatic N) is 1. The summed E-state index contributed by atoms with van der Waals surface area (Å²) >= 11 is 0. The second-order valence-electron chi connectivity index (χ2n) is 6.63. The van der Waals surface area contributed by atoms with Crippen LogP contribution >= 0.6 is 0 Å². The molecule has 2 aromatic carbocycles. The monoisotopic (exact) mass is 351 g/mol. The maximum absolute atomic E-state index is 5.81. The van der Waals surface area contributed by atoms with Crippen LogP contribution in [0, 0.1) is 6.92 Å². The van der Waals surface area contributed by atoms with Crippen molar-refractivity contribution in [3.05, 3.63) is 59.4 Å². The van der Waals surface area contributed by atoms with Crippen LogP contribution in [0.3, 0.4) is 0 Å². The number of aromatic nitrogens is 1. The zero-order valence-electron chi connectivity index (χ0n) is 16.0. The Morgan fingerprint density at radius 2 is 1.65 bits per heavy atom. The minimum atomic E-state index is 0.153. The van der Waals surface area contributed by atoms with Gasteiger partial charge in [0.25, 0.3) is 0 Å². The van der Waals surface area contributed by atoms with Crippen molar-refractivity contribution in [1.29, 1.82) is 0 Å². The lowest BCUT2D eigenvalue weighted by Crippen LogP contribution is -2.05. The summed E-state index contributed by atoms with van der Waals surface area (Å²) in [5.41, 5.74) is 3.28. The minimum absolute atomic E-state index is 0.153. The zero-order chi connectivity index (χ0) is 18.7. The van der Waals surface area contributed by atoms with Gasteiger partial charge in [0.1, 0.15) is 5.75 Å². The van der Waals surface area contributed by atoms with Crippen molar-refractivity contribution in [1.82, 2.24) is 4.98 Å². The SMILES string of the molecule is COc1cc2c(C)cnc(Cc3cccc(OC(C)C)c3)c2cc1OC. The molecule has 1 aromatic heterocycles. The van der Waals surface area contributed by atoms with Crippen LogP contribution < -0.4 is 14.2 Å². The molecule has 0 aliphatic rings. The van der Waals surface area contributed by atoms with Crippen LogP contribution in [0.15, 0.2) is 42.6 Å². The molecule has 3 aromatic rings. The van der Waals surface area contributed by atoms with Gasteiger partial charge >= 0.3 is 0 Å². The Labute approximate surface area is 154 Å². The van der Waals surface area contributed by atoms with Crippen LogP contribution in [0.5, 0.6) is 17.2 Å². The predicted octanol–water partition coefficient (Wildman–Crippen LogP) is 4.94. The number of hydrogen-bond donors (Lipinski definition) is 0. The van der Waals surface area contributed by atoms with Gasteiger partial charge < -0.3 is 14.2 Å². The van der Waals surface area contributed by atoms with E-state index in [4.69, 9.17) is 14.2 Å². The van der Waals surface area contributed by atoms with Gasteiger partial charge in [0.15, 0.2) is 11.5 Å². The molecule has 0 atom stereocenters. The highest BCUT2D eigenvalue weighted by molar-refractivity contribution is 5.90. The molecule has 0 unspecified atom stereocenters. The Morgan fingerprint density at radius 1 is 0.962 bits per heavy atom. The van der Waals surface area contributed by atoms with E-state index in [1.54, 1.807) is 14.2 Å². The maximum atomic E-state index is 5.81. The molecular formula is C22H25NO3. The van der Waals surface area contributed by atoms with E-state index in [0.29, 0.717) is 5.75 Å². The van der Waals surface area contributed by atoms with Gasteiger partial charge in [-0.1, -0.05) is 12.1 Å². The molecule has 0 saturated heterocycles. The molecule has 0 radical (unpaired) electrons. The summed E-state index contributed by atoms with van der Waals surface area (Å²) in [6.07, 6.45) is 2.79. The van der Waals surface area contributed by atoms with E-state index in [-0.39, 0.29) is 6.10 Å². The van der Waals surface area contributed by atoms with Gasteiger partial charge in [-0.05, 0) is 61.5 Å². The first kappa shape index (κ1) is 18.1. The lowest BCUT2D eigenvalue weighted by Gasteiger charge is -2.14. The zero-order valence-corrected chi connectivity index (χ0v) is 16.0. The third-order valence-corrected chi connectivity index (χ3v) is 4.32. The Bertz CT molecular complexity index is 919. The number of aryl methyl sites for hydroxylation is 1. The molecule has 3 rings (SSSR count). The summed E-state index contributed by atoms with van der Waals surface area (Å²) in [5.74, 6) is 2.33. The fourth-order valence-electron chi connectivity index (χ4n) is 3.09. The van der Waals surface area contributed by atoms with Crippen molar-refractivity contribution in [3.63, 3.8) is 0 Å². The van der Waals surface area contributed by atoms with Crippen LogP contribution in [0.25, 0.3) is 10.8 Å². The van der Waals surface area contributed by atoms with E-state index in [2.05, 4.69) is 24.0 Å². The van der Waals surface area contributed by atoms with Crippen molar-refractivity contribution < 1.29 is 14.2 Å². The van der Waals surface area contributed by atoms with Crippen LogP contribution in [0.2, 0.25) is 0 Å². The van der Waals surface area contributed by atoms with Crippen molar-refractivity contribution >= 4 is 10.8 Å². The molecule has 0 bridgehead atoms. The largest absolute Gasteiger partial charge is 0.493 e. The first-order valence-electron chi connectivity index (χ1n) is 8.77. The second kappa shape index (κ2) is 7.65. The Hall–Kier alpha value is -2.75. The lowest BCUT2D eigenvalue weighted by atomic mass is 10.0. The van der Waals surface area contributed by atoms with E-state index >= 15 is 0 Å². The van der Waals surface area contributed by atoms with E-state index in [9.17, 15) is 0 Å². The van der Waals surface area contributed by atoms with E-state index in [1.165, 1.54) is 0 Å². The Kier molecular flexibility index (Phi) is 5.31. The summed E-state index contributed by atoms with van der Waals surface area (Å²) in [5, 5.41) is 2.21.